The van der Waals surface area contributed by atoms with E-state index in [2.05, 4.69) is 35.6 Å². The maximum atomic E-state index is 12.5. The lowest BCUT2D eigenvalue weighted by Crippen LogP contribution is -2.43. The molecule has 1 aromatic heterocycles. The van der Waals surface area contributed by atoms with Crippen LogP contribution in [0.2, 0.25) is 0 Å². The number of aryl methyl sites for hydroxylation is 1. The average molecular weight is 437 g/mol. The fourth-order valence-corrected chi connectivity index (χ4v) is 3.67. The molecule has 170 valence electrons. The van der Waals surface area contributed by atoms with E-state index < -0.39 is 6.10 Å². The van der Waals surface area contributed by atoms with Crippen LogP contribution in [0.5, 0.6) is 5.75 Å². The van der Waals surface area contributed by atoms with Crippen molar-refractivity contribution in [2.75, 3.05) is 11.9 Å². The van der Waals surface area contributed by atoms with E-state index in [1.807, 2.05) is 25.1 Å². The second-order valence-electron chi connectivity index (χ2n) is 8.63. The Morgan fingerprint density at radius 2 is 1.84 bits per heavy atom. The van der Waals surface area contributed by atoms with E-state index in [0.29, 0.717) is 18.9 Å². The van der Waals surface area contributed by atoms with Gasteiger partial charge < -0.3 is 20.8 Å². The second kappa shape index (κ2) is 10.4. The van der Waals surface area contributed by atoms with Gasteiger partial charge in [0.25, 0.3) is 0 Å². The van der Waals surface area contributed by atoms with Gasteiger partial charge in [0.2, 0.25) is 5.91 Å². The Hall–Kier alpha value is -3.16. The zero-order valence-electron chi connectivity index (χ0n) is 18.9. The van der Waals surface area contributed by atoms with Crippen LogP contribution >= 0.6 is 0 Å². The molecule has 0 saturated heterocycles. The van der Waals surface area contributed by atoms with Crippen LogP contribution in [-0.2, 0) is 24.2 Å². The quantitative estimate of drug-likeness (QED) is 0.390. The molecule has 7 heteroatoms. The lowest BCUT2D eigenvalue weighted by molar-refractivity contribution is -0.115. The van der Waals surface area contributed by atoms with Gasteiger partial charge in [-0.25, -0.2) is 4.68 Å². The number of rotatable bonds is 10. The Morgan fingerprint density at radius 1 is 1.12 bits per heavy atom. The number of aliphatic hydroxyl groups excluding tert-OH is 1. The van der Waals surface area contributed by atoms with Crippen molar-refractivity contribution >= 4 is 11.7 Å². The number of carbonyl (C=O) groups is 1. The first-order chi connectivity index (χ1) is 15.3. The number of aliphatic hydroxyl groups is 1. The van der Waals surface area contributed by atoms with Gasteiger partial charge in [-0.3, -0.25) is 4.79 Å². The number of benzene rings is 2. The van der Waals surface area contributed by atoms with Crippen LogP contribution in [0.4, 0.5) is 5.82 Å². The predicted octanol–water partition coefficient (Wildman–Crippen LogP) is 3.43. The molecule has 0 radical (unpaired) electrons. The van der Waals surface area contributed by atoms with E-state index in [1.165, 1.54) is 0 Å². The Balaban J connectivity index is 1.55. The third-order valence-corrected chi connectivity index (χ3v) is 5.34. The molecule has 0 aliphatic carbocycles. The smallest absolute Gasteiger partial charge is 0.229 e. The first-order valence-corrected chi connectivity index (χ1v) is 10.9. The zero-order chi connectivity index (χ0) is 23.1. The third kappa shape index (κ3) is 6.67. The molecule has 0 fully saturated rings. The summed E-state index contributed by atoms with van der Waals surface area (Å²) in [4.78, 5) is 12.5. The summed E-state index contributed by atoms with van der Waals surface area (Å²) in [5, 5.41) is 30.3. The minimum atomic E-state index is -0.665. The van der Waals surface area contributed by atoms with Crippen LogP contribution in [0, 0.1) is 0 Å². The molecule has 0 aliphatic heterocycles. The van der Waals surface area contributed by atoms with E-state index in [0.717, 1.165) is 23.1 Å². The van der Waals surface area contributed by atoms with Gasteiger partial charge in [0.15, 0.2) is 0 Å². The van der Waals surface area contributed by atoms with Crippen molar-refractivity contribution in [1.82, 2.24) is 15.1 Å². The molecule has 1 amide bonds. The molecule has 4 N–H and O–H groups in total. The molecule has 0 spiro atoms. The maximum absolute atomic E-state index is 12.5. The highest BCUT2D eigenvalue weighted by molar-refractivity contribution is 5.91. The summed E-state index contributed by atoms with van der Waals surface area (Å²) in [7, 11) is 0. The second-order valence-corrected chi connectivity index (χ2v) is 8.63. The van der Waals surface area contributed by atoms with Crippen LogP contribution in [0.15, 0.2) is 60.8 Å². The van der Waals surface area contributed by atoms with Crippen molar-refractivity contribution in [3.63, 3.8) is 0 Å². The standard InChI is InChI=1S/C25H32N4O3/c1-4-29-23(12-13-27-29)28-24(32)15-18-6-5-7-19(14-18)16-25(2,3)26-17-22(31)20-8-10-21(30)11-9-20/h5-14,22,26,30-31H,4,15-17H2,1-3H3,(H,28,32). The maximum Gasteiger partial charge on any atom is 0.229 e. The number of β-amino-alcohol motifs (C(OH)–C–C–N with tert-alkyl or cyclic N) is 1. The molecule has 1 atom stereocenters. The predicted molar refractivity (Wildman–Crippen MR) is 126 cm³/mol. The molecule has 0 bridgehead atoms. The largest absolute Gasteiger partial charge is 0.508 e. The minimum Gasteiger partial charge on any atom is -0.508 e. The number of amides is 1. The van der Waals surface area contributed by atoms with Crippen LogP contribution in [0.1, 0.15) is 43.6 Å². The molecule has 3 rings (SSSR count). The van der Waals surface area contributed by atoms with Crippen LogP contribution in [-0.4, -0.2) is 38.0 Å². The number of phenols is 1. The highest BCUT2D eigenvalue weighted by atomic mass is 16.3. The van der Waals surface area contributed by atoms with E-state index in [4.69, 9.17) is 0 Å². The number of carbonyl (C=O) groups excluding carboxylic acids is 1. The summed E-state index contributed by atoms with van der Waals surface area (Å²) < 4.78 is 1.75. The molecule has 32 heavy (non-hydrogen) atoms. The topological polar surface area (TPSA) is 99.4 Å². The van der Waals surface area contributed by atoms with Gasteiger partial charge in [-0.05, 0) is 56.0 Å². The van der Waals surface area contributed by atoms with Crippen molar-refractivity contribution in [2.24, 2.45) is 0 Å². The Bertz CT molecular complexity index is 1030. The Kier molecular flexibility index (Phi) is 7.66. The van der Waals surface area contributed by atoms with Crippen molar-refractivity contribution in [1.29, 1.82) is 0 Å². The van der Waals surface area contributed by atoms with E-state index in [-0.39, 0.29) is 23.6 Å². The number of aromatic hydroxyl groups is 1. The molecular weight excluding hydrogens is 404 g/mol. The molecule has 2 aromatic carbocycles. The fourth-order valence-electron chi connectivity index (χ4n) is 3.67. The Morgan fingerprint density at radius 3 is 2.56 bits per heavy atom. The highest BCUT2D eigenvalue weighted by Gasteiger charge is 2.20. The molecular formula is C25H32N4O3. The first-order valence-electron chi connectivity index (χ1n) is 10.9. The number of hydrogen-bond acceptors (Lipinski definition) is 5. The number of hydrogen-bond donors (Lipinski definition) is 4. The Labute approximate surface area is 189 Å². The van der Waals surface area contributed by atoms with Crippen LogP contribution in [0.25, 0.3) is 0 Å². The van der Waals surface area contributed by atoms with E-state index >= 15 is 0 Å². The molecule has 1 heterocycles. The van der Waals surface area contributed by atoms with Gasteiger partial charge in [0, 0.05) is 24.7 Å². The number of aromatic nitrogens is 2. The van der Waals surface area contributed by atoms with E-state index in [9.17, 15) is 15.0 Å². The number of anilines is 1. The molecule has 1 unspecified atom stereocenters. The summed E-state index contributed by atoms with van der Waals surface area (Å²) in [5.74, 6) is 0.803. The van der Waals surface area contributed by atoms with Crippen molar-refractivity contribution in [3.8, 4) is 5.75 Å². The van der Waals surface area contributed by atoms with E-state index in [1.54, 1.807) is 41.2 Å². The van der Waals surface area contributed by atoms with Crippen molar-refractivity contribution in [2.45, 2.75) is 51.8 Å². The normalized spacial score (nSPS) is 12.5. The lowest BCUT2D eigenvalue weighted by atomic mass is 9.93. The van der Waals surface area contributed by atoms with Crippen molar-refractivity contribution < 1.29 is 15.0 Å². The van der Waals surface area contributed by atoms with Crippen molar-refractivity contribution in [3.05, 3.63) is 77.5 Å². The SMILES string of the molecule is CCn1nccc1NC(=O)Cc1cccc(CC(C)(C)NCC(O)c2ccc(O)cc2)c1. The number of nitrogens with zero attached hydrogens (tertiary/aromatic N) is 2. The molecule has 0 saturated carbocycles. The van der Waals surface area contributed by atoms with Gasteiger partial charge in [0.05, 0.1) is 18.7 Å². The molecule has 3 aromatic rings. The number of phenolic OH excluding ortho intramolecular Hbond substituents is 1. The monoisotopic (exact) mass is 436 g/mol. The number of nitrogens with one attached hydrogen (secondary N) is 2. The van der Waals surface area contributed by atoms with Gasteiger partial charge in [-0.2, -0.15) is 5.10 Å². The molecule has 0 aliphatic rings. The van der Waals surface area contributed by atoms with Crippen LogP contribution in [0.3, 0.4) is 0 Å². The lowest BCUT2D eigenvalue weighted by Gasteiger charge is -2.28. The van der Waals surface area contributed by atoms with Crippen LogP contribution < -0.4 is 10.6 Å². The zero-order valence-corrected chi connectivity index (χ0v) is 18.9. The molecule has 7 nitrogen and oxygen atoms in total. The van der Waals surface area contributed by atoms with Gasteiger partial charge in [-0.15, -0.1) is 0 Å². The summed E-state index contributed by atoms with van der Waals surface area (Å²) in [6.45, 7) is 7.24. The third-order valence-electron chi connectivity index (χ3n) is 5.34. The summed E-state index contributed by atoms with van der Waals surface area (Å²) in [6.07, 6.45) is 2.04. The highest BCUT2D eigenvalue weighted by Crippen LogP contribution is 2.19. The van der Waals surface area contributed by atoms with Gasteiger partial charge >= 0.3 is 0 Å². The summed E-state index contributed by atoms with van der Waals surface area (Å²) in [5.41, 5.74) is 2.56. The average Bonchev–Trinajstić information content (AvgIpc) is 3.19. The summed E-state index contributed by atoms with van der Waals surface area (Å²) in [6, 6.07) is 16.4. The van der Waals surface area contributed by atoms with Gasteiger partial charge in [0.1, 0.15) is 11.6 Å². The van der Waals surface area contributed by atoms with Gasteiger partial charge in [-0.1, -0.05) is 36.4 Å². The minimum absolute atomic E-state index is 0.0771. The fraction of sp³-hybridized carbons (Fsp3) is 0.360. The summed E-state index contributed by atoms with van der Waals surface area (Å²) >= 11 is 0. The first kappa shape index (κ1) is 23.5.